The molecule has 1 fully saturated rings. The second-order valence-corrected chi connectivity index (χ2v) is 6.81. The molecule has 7 nitrogen and oxygen atoms in total. The highest BCUT2D eigenvalue weighted by atomic mass is 32.1. The maximum Gasteiger partial charge on any atom is 0.253 e. The van der Waals surface area contributed by atoms with Crippen LogP contribution in [0.2, 0.25) is 0 Å². The number of hydrogen-bond donors (Lipinski definition) is 1. The Kier molecular flexibility index (Phi) is 4.53. The first-order valence-electron chi connectivity index (χ1n) is 8.15. The average Bonchev–Trinajstić information content (AvgIpc) is 3.36. The third-order valence-electron chi connectivity index (χ3n) is 4.31. The van der Waals surface area contributed by atoms with Crippen molar-refractivity contribution in [3.8, 4) is 10.6 Å². The summed E-state index contributed by atoms with van der Waals surface area (Å²) >= 11 is 1.60. The van der Waals surface area contributed by atoms with Crippen molar-refractivity contribution in [1.82, 2.24) is 30.0 Å². The van der Waals surface area contributed by atoms with Crippen LogP contribution in [0, 0.1) is 0 Å². The smallest absolute Gasteiger partial charge is 0.253 e. The lowest BCUT2D eigenvalue weighted by Crippen LogP contribution is -2.48. The molecule has 0 unspecified atom stereocenters. The normalized spacial score (nSPS) is 15.4. The van der Waals surface area contributed by atoms with Crippen LogP contribution in [0.3, 0.4) is 0 Å². The number of thiazole rings is 1. The van der Waals surface area contributed by atoms with Gasteiger partial charge in [-0.1, -0.05) is 12.1 Å². The maximum absolute atomic E-state index is 12.7. The van der Waals surface area contributed by atoms with Crippen LogP contribution in [-0.4, -0.2) is 62.1 Å². The van der Waals surface area contributed by atoms with Crippen LogP contribution < -0.4 is 0 Å². The van der Waals surface area contributed by atoms with Crippen molar-refractivity contribution in [2.24, 2.45) is 0 Å². The lowest BCUT2D eigenvalue weighted by atomic mass is 10.1. The highest BCUT2D eigenvalue weighted by molar-refractivity contribution is 7.13. The lowest BCUT2D eigenvalue weighted by Gasteiger charge is -2.34. The molecule has 4 rings (SSSR count). The van der Waals surface area contributed by atoms with Gasteiger partial charge in [-0.15, -0.1) is 11.3 Å². The minimum atomic E-state index is 0.0880. The number of piperazine rings is 1. The Balaban J connectivity index is 1.35. The number of benzene rings is 1. The molecule has 1 aromatic carbocycles. The summed E-state index contributed by atoms with van der Waals surface area (Å²) in [5, 5.41) is 9.66. The number of hydrogen-bond acceptors (Lipinski definition) is 6. The Morgan fingerprint density at radius 1 is 1.12 bits per heavy atom. The first kappa shape index (κ1) is 15.9. The van der Waals surface area contributed by atoms with Gasteiger partial charge in [0.1, 0.15) is 17.2 Å². The third-order valence-corrected chi connectivity index (χ3v) is 5.13. The molecule has 25 heavy (non-hydrogen) atoms. The third kappa shape index (κ3) is 3.59. The Hall–Kier alpha value is -2.58. The molecular formula is C17H18N6OS. The quantitative estimate of drug-likeness (QED) is 0.774. The van der Waals surface area contributed by atoms with Gasteiger partial charge < -0.3 is 4.90 Å². The zero-order chi connectivity index (χ0) is 17.1. The minimum Gasteiger partial charge on any atom is -0.336 e. The van der Waals surface area contributed by atoms with E-state index in [9.17, 15) is 4.79 Å². The molecule has 1 N–H and O–H groups in total. The number of carbonyl (C=O) groups is 1. The van der Waals surface area contributed by atoms with E-state index in [2.05, 4.69) is 25.1 Å². The number of rotatable bonds is 4. The van der Waals surface area contributed by atoms with Crippen molar-refractivity contribution in [1.29, 1.82) is 0 Å². The summed E-state index contributed by atoms with van der Waals surface area (Å²) in [7, 11) is 0. The van der Waals surface area contributed by atoms with Crippen LogP contribution in [-0.2, 0) is 6.54 Å². The molecule has 0 atom stereocenters. The lowest BCUT2D eigenvalue weighted by molar-refractivity contribution is 0.0625. The summed E-state index contributed by atoms with van der Waals surface area (Å²) in [4.78, 5) is 25.3. The van der Waals surface area contributed by atoms with Crippen molar-refractivity contribution in [2.75, 3.05) is 26.2 Å². The van der Waals surface area contributed by atoms with Crippen molar-refractivity contribution in [3.63, 3.8) is 0 Å². The van der Waals surface area contributed by atoms with E-state index in [1.807, 2.05) is 34.5 Å². The molecule has 3 heterocycles. The van der Waals surface area contributed by atoms with Gasteiger partial charge in [0.2, 0.25) is 0 Å². The Bertz CT molecular complexity index is 807. The predicted octanol–water partition coefficient (Wildman–Crippen LogP) is 1.89. The van der Waals surface area contributed by atoms with E-state index in [0.717, 1.165) is 54.7 Å². The fraction of sp³-hybridized carbons (Fsp3) is 0.294. The molecule has 128 valence electrons. The summed E-state index contributed by atoms with van der Waals surface area (Å²) in [6.07, 6.45) is 3.31. The highest BCUT2D eigenvalue weighted by Gasteiger charge is 2.22. The molecule has 2 aromatic heterocycles. The Morgan fingerprint density at radius 3 is 2.56 bits per heavy atom. The number of H-pyrrole nitrogens is 1. The van der Waals surface area contributed by atoms with E-state index in [-0.39, 0.29) is 5.91 Å². The molecular weight excluding hydrogens is 336 g/mol. The number of carbonyl (C=O) groups excluding carboxylic acids is 1. The average molecular weight is 354 g/mol. The van der Waals surface area contributed by atoms with Gasteiger partial charge in [-0.25, -0.2) is 9.97 Å². The molecule has 1 aliphatic heterocycles. The molecule has 0 spiro atoms. The summed E-state index contributed by atoms with van der Waals surface area (Å²) in [5.74, 6) is 0.947. The largest absolute Gasteiger partial charge is 0.336 e. The van der Waals surface area contributed by atoms with E-state index in [1.165, 1.54) is 6.33 Å². The molecule has 0 aliphatic carbocycles. The van der Waals surface area contributed by atoms with E-state index < -0.39 is 0 Å². The number of aromatic amines is 1. The van der Waals surface area contributed by atoms with E-state index >= 15 is 0 Å². The van der Waals surface area contributed by atoms with E-state index in [1.54, 1.807) is 17.5 Å². The first-order chi connectivity index (χ1) is 12.3. The molecule has 3 aromatic rings. The number of nitrogens with one attached hydrogen (secondary N) is 1. The fourth-order valence-electron chi connectivity index (χ4n) is 2.93. The summed E-state index contributed by atoms with van der Waals surface area (Å²) in [5.41, 5.74) is 1.77. The van der Waals surface area contributed by atoms with Crippen LogP contribution >= 0.6 is 11.3 Å². The molecule has 1 aliphatic rings. The van der Waals surface area contributed by atoms with Gasteiger partial charge in [0.05, 0.1) is 6.54 Å². The van der Waals surface area contributed by atoms with Crippen molar-refractivity contribution in [3.05, 3.63) is 53.6 Å². The zero-order valence-electron chi connectivity index (χ0n) is 13.6. The Morgan fingerprint density at radius 2 is 1.92 bits per heavy atom. The van der Waals surface area contributed by atoms with Crippen molar-refractivity contribution >= 4 is 17.2 Å². The first-order valence-corrected chi connectivity index (χ1v) is 9.03. The van der Waals surface area contributed by atoms with E-state index in [4.69, 9.17) is 0 Å². The van der Waals surface area contributed by atoms with Gasteiger partial charge in [0, 0.05) is 48.9 Å². The molecule has 0 saturated carbocycles. The summed E-state index contributed by atoms with van der Waals surface area (Å²) < 4.78 is 0. The van der Waals surface area contributed by atoms with Gasteiger partial charge in [-0.3, -0.25) is 14.8 Å². The SMILES string of the molecule is O=C(c1ccc(-c2nccs2)cc1)N1CCN(Cc2ncn[nH]2)CC1. The number of nitrogens with zero attached hydrogens (tertiary/aromatic N) is 5. The summed E-state index contributed by atoms with van der Waals surface area (Å²) in [6.45, 7) is 3.86. The number of amides is 1. The second-order valence-electron chi connectivity index (χ2n) is 5.92. The van der Waals surface area contributed by atoms with Gasteiger partial charge in [0.15, 0.2) is 0 Å². The predicted molar refractivity (Wildman–Crippen MR) is 95.1 cm³/mol. The van der Waals surface area contributed by atoms with Crippen LogP contribution in [0.5, 0.6) is 0 Å². The molecule has 8 heteroatoms. The Labute approximate surface area is 149 Å². The van der Waals surface area contributed by atoms with Crippen LogP contribution in [0.4, 0.5) is 0 Å². The standard InChI is InChI=1S/C17H18N6OS/c24-17(14-3-1-13(2-4-14)16-18-5-10-25-16)23-8-6-22(7-9-23)11-15-19-12-20-21-15/h1-5,10,12H,6-9,11H2,(H,19,20,21). The molecule has 0 radical (unpaired) electrons. The zero-order valence-corrected chi connectivity index (χ0v) is 14.4. The molecule has 1 saturated heterocycles. The molecule has 0 bridgehead atoms. The van der Waals surface area contributed by atoms with Gasteiger partial charge in [0.25, 0.3) is 5.91 Å². The van der Waals surface area contributed by atoms with Crippen LogP contribution in [0.25, 0.3) is 10.6 Å². The molecule has 1 amide bonds. The number of aromatic nitrogens is 4. The van der Waals surface area contributed by atoms with E-state index in [0.29, 0.717) is 0 Å². The highest BCUT2D eigenvalue weighted by Crippen LogP contribution is 2.22. The maximum atomic E-state index is 12.7. The topological polar surface area (TPSA) is 78.0 Å². The van der Waals surface area contributed by atoms with Gasteiger partial charge in [-0.05, 0) is 12.1 Å². The summed E-state index contributed by atoms with van der Waals surface area (Å²) in [6, 6.07) is 7.71. The fourth-order valence-corrected chi connectivity index (χ4v) is 3.58. The van der Waals surface area contributed by atoms with Gasteiger partial charge >= 0.3 is 0 Å². The van der Waals surface area contributed by atoms with Gasteiger partial charge in [-0.2, -0.15) is 5.10 Å². The second kappa shape index (κ2) is 7.12. The van der Waals surface area contributed by atoms with Crippen LogP contribution in [0.15, 0.2) is 42.2 Å². The minimum absolute atomic E-state index is 0.0880. The van der Waals surface area contributed by atoms with Crippen LogP contribution in [0.1, 0.15) is 16.2 Å². The van der Waals surface area contributed by atoms with Crippen molar-refractivity contribution < 1.29 is 4.79 Å². The van der Waals surface area contributed by atoms with Crippen molar-refractivity contribution in [2.45, 2.75) is 6.54 Å². The monoisotopic (exact) mass is 354 g/mol.